The highest BCUT2D eigenvalue weighted by atomic mass is 32.2. The number of benzene rings is 1. The molecule has 9 nitrogen and oxygen atoms in total. The van der Waals surface area contributed by atoms with Crippen molar-refractivity contribution < 1.29 is 22.7 Å². The van der Waals surface area contributed by atoms with E-state index in [-0.39, 0.29) is 47.1 Å². The van der Waals surface area contributed by atoms with E-state index in [0.29, 0.717) is 31.7 Å². The number of nitrogens with zero attached hydrogens (tertiary/aromatic N) is 3. The molecular formula is C26H38N4O5S. The fourth-order valence-electron chi connectivity index (χ4n) is 4.99. The van der Waals surface area contributed by atoms with Crippen molar-refractivity contribution >= 4 is 21.7 Å². The Morgan fingerprint density at radius 2 is 1.72 bits per heavy atom. The highest BCUT2D eigenvalue weighted by Gasteiger charge is 2.34. The summed E-state index contributed by atoms with van der Waals surface area (Å²) in [6.07, 6.45) is 3.05. The largest absolute Gasteiger partial charge is 0.484 e. The number of hydrogen-bond donors (Lipinski definition) is 1. The molecule has 0 bridgehead atoms. The van der Waals surface area contributed by atoms with Crippen LogP contribution >= 0.6 is 0 Å². The fraction of sp³-hybridized carbons (Fsp3) is 0.654. The number of carbonyl (C=O) groups is 2. The second-order valence-corrected chi connectivity index (χ2v) is 12.6. The maximum absolute atomic E-state index is 13.1. The summed E-state index contributed by atoms with van der Waals surface area (Å²) in [5.74, 6) is -0.697. The molecule has 1 aromatic carbocycles. The van der Waals surface area contributed by atoms with Gasteiger partial charge in [0.1, 0.15) is 12.3 Å². The van der Waals surface area contributed by atoms with Crippen molar-refractivity contribution in [1.29, 1.82) is 5.26 Å². The van der Waals surface area contributed by atoms with Crippen molar-refractivity contribution in [3.05, 3.63) is 24.3 Å². The second-order valence-electron chi connectivity index (χ2n) is 10.6. The molecule has 0 aromatic heterocycles. The van der Waals surface area contributed by atoms with E-state index in [0.717, 1.165) is 25.9 Å². The van der Waals surface area contributed by atoms with Crippen LogP contribution in [0.1, 0.15) is 46.5 Å². The molecule has 1 aromatic rings. The molecule has 1 aliphatic heterocycles. The molecule has 1 N–H and O–H groups in total. The first-order valence-electron chi connectivity index (χ1n) is 12.6. The van der Waals surface area contributed by atoms with Gasteiger partial charge in [-0.15, -0.1) is 0 Å². The quantitative estimate of drug-likeness (QED) is 0.524. The first-order chi connectivity index (χ1) is 17.0. The Morgan fingerprint density at radius 3 is 2.33 bits per heavy atom. The number of carbonyl (C=O) groups excluding carboxylic acids is 2. The number of amides is 2. The molecule has 1 aliphatic carbocycles. The monoisotopic (exact) mass is 518 g/mol. The number of sulfone groups is 1. The number of ether oxygens (including phenoxy) is 1. The van der Waals surface area contributed by atoms with Gasteiger partial charge in [-0.3, -0.25) is 14.5 Å². The van der Waals surface area contributed by atoms with E-state index in [9.17, 15) is 18.0 Å². The van der Waals surface area contributed by atoms with E-state index in [1.54, 1.807) is 17.0 Å². The summed E-state index contributed by atoms with van der Waals surface area (Å²) >= 11 is 0. The fourth-order valence-corrected chi connectivity index (χ4v) is 6.70. The molecule has 10 heteroatoms. The molecule has 1 saturated carbocycles. The minimum Gasteiger partial charge on any atom is -0.484 e. The summed E-state index contributed by atoms with van der Waals surface area (Å²) in [6, 6.07) is 8.00. The van der Waals surface area contributed by atoms with Crippen LogP contribution in [0.15, 0.2) is 29.2 Å². The lowest BCUT2D eigenvalue weighted by Gasteiger charge is -2.42. The molecular weight excluding hydrogens is 480 g/mol. The normalized spacial score (nSPS) is 21.4. The molecule has 198 valence electrons. The Kier molecular flexibility index (Phi) is 9.36. The Labute approximate surface area is 214 Å². The van der Waals surface area contributed by atoms with E-state index >= 15 is 0 Å². The van der Waals surface area contributed by atoms with Crippen LogP contribution in [-0.2, 0) is 19.4 Å². The van der Waals surface area contributed by atoms with Crippen LogP contribution in [0.4, 0.5) is 0 Å². The van der Waals surface area contributed by atoms with Crippen LogP contribution in [0.3, 0.4) is 0 Å². The van der Waals surface area contributed by atoms with Gasteiger partial charge in [0.05, 0.1) is 16.7 Å². The molecule has 3 rings (SSSR count). The third kappa shape index (κ3) is 7.43. The smallest absolute Gasteiger partial charge is 0.260 e. The van der Waals surface area contributed by atoms with Gasteiger partial charge in [0.15, 0.2) is 16.4 Å². The van der Waals surface area contributed by atoms with Crippen molar-refractivity contribution in [2.24, 2.45) is 11.8 Å². The molecule has 2 atom stereocenters. The summed E-state index contributed by atoms with van der Waals surface area (Å²) < 4.78 is 31.8. The van der Waals surface area contributed by atoms with E-state index in [4.69, 9.17) is 10.00 Å². The maximum atomic E-state index is 13.1. The van der Waals surface area contributed by atoms with Crippen LogP contribution in [-0.4, -0.2) is 80.7 Å². The zero-order chi connectivity index (χ0) is 26.3. The average molecular weight is 519 g/mol. The van der Waals surface area contributed by atoms with Crippen LogP contribution < -0.4 is 10.1 Å². The zero-order valence-electron chi connectivity index (χ0n) is 21.5. The van der Waals surface area contributed by atoms with Gasteiger partial charge in [-0.25, -0.2) is 8.42 Å². The zero-order valence-corrected chi connectivity index (χ0v) is 22.3. The Bertz CT molecular complexity index is 1050. The van der Waals surface area contributed by atoms with Crippen molar-refractivity contribution in [2.75, 3.05) is 45.1 Å². The van der Waals surface area contributed by atoms with E-state index in [2.05, 4.69) is 31.0 Å². The van der Waals surface area contributed by atoms with Crippen LogP contribution in [0.2, 0.25) is 0 Å². The Morgan fingerprint density at radius 1 is 1.08 bits per heavy atom. The predicted octanol–water partition coefficient (Wildman–Crippen LogP) is 2.23. The summed E-state index contributed by atoms with van der Waals surface area (Å²) in [7, 11) is -3.61. The van der Waals surface area contributed by atoms with Crippen LogP contribution in [0.5, 0.6) is 5.75 Å². The topological polar surface area (TPSA) is 120 Å². The van der Waals surface area contributed by atoms with Crippen LogP contribution in [0.25, 0.3) is 0 Å². The molecule has 0 radical (unpaired) electrons. The lowest BCUT2D eigenvalue weighted by Crippen LogP contribution is -2.55. The van der Waals surface area contributed by atoms with Crippen LogP contribution in [0, 0.1) is 23.2 Å². The van der Waals surface area contributed by atoms with Gasteiger partial charge in [0, 0.05) is 37.6 Å². The van der Waals surface area contributed by atoms with Gasteiger partial charge in [0.25, 0.3) is 5.91 Å². The Balaban J connectivity index is 1.53. The van der Waals surface area contributed by atoms with Gasteiger partial charge in [-0.2, -0.15) is 5.26 Å². The highest BCUT2D eigenvalue weighted by Crippen LogP contribution is 2.33. The summed E-state index contributed by atoms with van der Waals surface area (Å²) in [4.78, 5) is 29.3. The van der Waals surface area contributed by atoms with Crippen molar-refractivity contribution in [1.82, 2.24) is 15.1 Å². The SMILES string of the molecule is CC(C)(C)N1CCN(C(=O)COc2ccc(S(=O)(=O)CC3CCCCC3C(=O)NCC#N)cc2)CC1. The minimum atomic E-state index is -3.61. The molecule has 2 fully saturated rings. The van der Waals surface area contributed by atoms with Gasteiger partial charge >= 0.3 is 0 Å². The summed E-state index contributed by atoms with van der Waals surface area (Å²) in [5.41, 5.74) is 0.0788. The number of rotatable bonds is 8. The summed E-state index contributed by atoms with van der Waals surface area (Å²) in [6.45, 7) is 9.29. The molecule has 1 heterocycles. The van der Waals surface area contributed by atoms with E-state index < -0.39 is 15.8 Å². The number of nitrogens with one attached hydrogen (secondary N) is 1. The summed E-state index contributed by atoms with van der Waals surface area (Å²) in [5, 5.41) is 11.3. The van der Waals surface area contributed by atoms with Gasteiger partial charge in [-0.1, -0.05) is 12.8 Å². The first kappa shape index (κ1) is 27.9. The first-order valence-corrected chi connectivity index (χ1v) is 14.3. The second kappa shape index (κ2) is 12.1. The van der Waals surface area contributed by atoms with Crippen molar-refractivity contribution in [3.63, 3.8) is 0 Å². The number of piperazine rings is 1. The lowest BCUT2D eigenvalue weighted by atomic mass is 9.80. The highest BCUT2D eigenvalue weighted by molar-refractivity contribution is 7.91. The van der Waals surface area contributed by atoms with Gasteiger partial charge in [-0.05, 0) is 63.8 Å². The predicted molar refractivity (Wildman–Crippen MR) is 136 cm³/mol. The maximum Gasteiger partial charge on any atom is 0.260 e. The standard InChI is InChI=1S/C26H38N4O5S/c1-26(2,3)30-16-14-29(15-17-30)24(31)18-35-21-8-10-22(11-9-21)36(33,34)19-20-6-4-5-7-23(20)25(32)28-13-12-27/h8-11,20,23H,4-7,13-19H2,1-3H3,(H,28,32). The van der Waals surface area contributed by atoms with Crippen molar-refractivity contribution in [3.8, 4) is 11.8 Å². The van der Waals surface area contributed by atoms with Gasteiger partial charge < -0.3 is 15.0 Å². The number of nitriles is 1. The van der Waals surface area contributed by atoms with Gasteiger partial charge in [0.2, 0.25) is 5.91 Å². The lowest BCUT2D eigenvalue weighted by molar-refractivity contribution is -0.135. The molecule has 2 amide bonds. The molecule has 36 heavy (non-hydrogen) atoms. The number of hydrogen-bond acceptors (Lipinski definition) is 7. The molecule has 2 aliphatic rings. The minimum absolute atomic E-state index is 0.0775. The molecule has 1 saturated heterocycles. The third-order valence-corrected chi connectivity index (χ3v) is 9.00. The molecule has 0 spiro atoms. The third-order valence-electron chi connectivity index (χ3n) is 7.15. The molecule has 2 unspecified atom stereocenters. The average Bonchev–Trinajstić information content (AvgIpc) is 2.85. The Hall–Kier alpha value is -2.64. The van der Waals surface area contributed by atoms with Crippen molar-refractivity contribution in [2.45, 2.75) is 56.9 Å². The van der Waals surface area contributed by atoms with E-state index in [1.165, 1.54) is 12.1 Å². The van der Waals surface area contributed by atoms with E-state index in [1.807, 2.05) is 6.07 Å².